The summed E-state index contributed by atoms with van der Waals surface area (Å²) in [6.45, 7) is 3.90. The Labute approximate surface area is 106 Å². The number of nitrogens with one attached hydrogen (secondary N) is 1. The van der Waals surface area contributed by atoms with Crippen molar-refractivity contribution in [2.75, 3.05) is 18.2 Å². The number of hydrogen-bond acceptors (Lipinski definition) is 4. The number of nitrogens with two attached hydrogens (primary N) is 1. The molecule has 0 saturated heterocycles. The van der Waals surface area contributed by atoms with E-state index in [4.69, 9.17) is 10.5 Å². The third-order valence-electron chi connectivity index (χ3n) is 3.87. The van der Waals surface area contributed by atoms with E-state index in [1.807, 2.05) is 13.8 Å². The summed E-state index contributed by atoms with van der Waals surface area (Å²) in [5, 5.41) is 12.8. The molecule has 0 bridgehead atoms. The summed E-state index contributed by atoms with van der Waals surface area (Å²) < 4.78 is 18.8. The van der Waals surface area contributed by atoms with Crippen LogP contribution in [0.2, 0.25) is 0 Å². The second-order valence-electron chi connectivity index (χ2n) is 5.34. The van der Waals surface area contributed by atoms with E-state index in [1.165, 1.54) is 13.2 Å². The van der Waals surface area contributed by atoms with Gasteiger partial charge in [-0.3, -0.25) is 0 Å². The maximum Gasteiger partial charge on any atom is 0.148 e. The summed E-state index contributed by atoms with van der Waals surface area (Å²) in [5.74, 6) is 0.0297. The Bertz CT molecular complexity index is 463. The lowest BCUT2D eigenvalue weighted by atomic mass is 9.64. The Balaban J connectivity index is 2.20. The molecule has 1 aromatic carbocycles. The van der Waals surface area contributed by atoms with Crippen LogP contribution in [0.1, 0.15) is 20.3 Å². The fourth-order valence-corrected chi connectivity index (χ4v) is 2.19. The largest absolute Gasteiger partial charge is 0.495 e. The number of methoxy groups -OCH3 is 1. The molecule has 1 aliphatic rings. The summed E-state index contributed by atoms with van der Waals surface area (Å²) in [5.41, 5.74) is 5.98. The normalized spacial score (nSPS) is 25.4. The molecule has 1 saturated carbocycles. The van der Waals surface area contributed by atoms with E-state index in [9.17, 15) is 9.50 Å². The molecule has 0 radical (unpaired) electrons. The van der Waals surface area contributed by atoms with Crippen molar-refractivity contribution in [2.24, 2.45) is 5.41 Å². The number of aliphatic hydroxyl groups excluding tert-OH is 1. The number of nitrogen functional groups attached to an aromatic ring is 1. The van der Waals surface area contributed by atoms with E-state index < -0.39 is 5.82 Å². The van der Waals surface area contributed by atoms with Crippen LogP contribution in [0.4, 0.5) is 15.8 Å². The fourth-order valence-electron chi connectivity index (χ4n) is 2.19. The molecular weight excluding hydrogens is 235 g/mol. The van der Waals surface area contributed by atoms with Gasteiger partial charge in [0.2, 0.25) is 0 Å². The van der Waals surface area contributed by atoms with Gasteiger partial charge in [0.25, 0.3) is 0 Å². The minimum absolute atomic E-state index is 0.0373. The highest BCUT2D eigenvalue weighted by Gasteiger charge is 2.47. The van der Waals surface area contributed by atoms with Gasteiger partial charge in [-0.25, -0.2) is 4.39 Å². The standard InChI is InChI=1S/C13H19FN2O2/c1-13(2)11(6-12(13)17)16-9-5-10(18-3)8(15)4-7(9)14/h4-5,11-12,16-17H,6,15H2,1-3H3. The second-order valence-corrected chi connectivity index (χ2v) is 5.34. The number of rotatable bonds is 3. The van der Waals surface area contributed by atoms with Crippen molar-refractivity contribution >= 4 is 11.4 Å². The lowest BCUT2D eigenvalue weighted by Crippen LogP contribution is -2.57. The molecule has 0 aliphatic heterocycles. The number of anilines is 2. The van der Waals surface area contributed by atoms with Crippen LogP contribution in [-0.2, 0) is 0 Å². The highest BCUT2D eigenvalue weighted by atomic mass is 19.1. The molecule has 100 valence electrons. The number of halogens is 1. The van der Waals surface area contributed by atoms with Gasteiger partial charge in [-0.05, 0) is 6.42 Å². The van der Waals surface area contributed by atoms with Gasteiger partial charge >= 0.3 is 0 Å². The van der Waals surface area contributed by atoms with E-state index in [0.717, 1.165) is 0 Å². The van der Waals surface area contributed by atoms with Crippen LogP contribution in [0.3, 0.4) is 0 Å². The Morgan fingerprint density at radius 2 is 2.17 bits per heavy atom. The molecule has 18 heavy (non-hydrogen) atoms. The molecule has 2 rings (SSSR count). The molecular formula is C13H19FN2O2. The highest BCUT2D eigenvalue weighted by Crippen LogP contribution is 2.43. The van der Waals surface area contributed by atoms with Crippen molar-refractivity contribution in [3.05, 3.63) is 17.9 Å². The predicted octanol–water partition coefficient (Wildman–Crippen LogP) is 1.99. The van der Waals surface area contributed by atoms with Crippen LogP contribution >= 0.6 is 0 Å². The summed E-state index contributed by atoms with van der Waals surface area (Å²) >= 11 is 0. The third kappa shape index (κ3) is 1.99. The first-order valence-corrected chi connectivity index (χ1v) is 5.94. The number of ether oxygens (including phenoxy) is 1. The second kappa shape index (κ2) is 4.31. The average molecular weight is 254 g/mol. The molecule has 1 aliphatic carbocycles. The SMILES string of the molecule is COc1cc(NC2CC(O)C2(C)C)c(F)cc1N. The number of benzene rings is 1. The Kier molecular flexibility index (Phi) is 3.11. The van der Waals surface area contributed by atoms with E-state index in [2.05, 4.69) is 5.32 Å². The van der Waals surface area contributed by atoms with Crippen LogP contribution in [0.5, 0.6) is 5.75 Å². The van der Waals surface area contributed by atoms with E-state index in [1.54, 1.807) is 6.07 Å². The maximum absolute atomic E-state index is 13.8. The third-order valence-corrected chi connectivity index (χ3v) is 3.87. The van der Waals surface area contributed by atoms with Crippen molar-refractivity contribution in [1.29, 1.82) is 0 Å². The highest BCUT2D eigenvalue weighted by molar-refractivity contribution is 5.62. The molecule has 2 atom stereocenters. The molecule has 0 spiro atoms. The topological polar surface area (TPSA) is 67.5 Å². The van der Waals surface area contributed by atoms with E-state index >= 15 is 0 Å². The van der Waals surface area contributed by atoms with Gasteiger partial charge < -0.3 is 20.9 Å². The smallest absolute Gasteiger partial charge is 0.148 e. The van der Waals surface area contributed by atoms with Gasteiger partial charge in [-0.2, -0.15) is 0 Å². The van der Waals surface area contributed by atoms with Gasteiger partial charge in [0.05, 0.1) is 24.6 Å². The molecule has 4 nitrogen and oxygen atoms in total. The Hall–Kier alpha value is -1.49. The molecule has 5 heteroatoms. The molecule has 2 unspecified atom stereocenters. The van der Waals surface area contributed by atoms with Crippen LogP contribution in [-0.4, -0.2) is 24.4 Å². The molecule has 0 amide bonds. The van der Waals surface area contributed by atoms with Gasteiger partial charge in [0.1, 0.15) is 11.6 Å². The summed E-state index contributed by atoms with van der Waals surface area (Å²) in [4.78, 5) is 0. The van der Waals surface area contributed by atoms with Gasteiger partial charge in [-0.1, -0.05) is 13.8 Å². The predicted molar refractivity (Wildman–Crippen MR) is 69.2 cm³/mol. The van der Waals surface area contributed by atoms with Crippen molar-refractivity contribution in [1.82, 2.24) is 0 Å². The van der Waals surface area contributed by atoms with E-state index in [0.29, 0.717) is 17.9 Å². The summed E-state index contributed by atoms with van der Waals surface area (Å²) in [7, 11) is 1.49. The first kappa shape index (κ1) is 13.0. The van der Waals surface area contributed by atoms with Gasteiger partial charge in [-0.15, -0.1) is 0 Å². The van der Waals surface area contributed by atoms with Crippen LogP contribution in [0, 0.1) is 11.2 Å². The van der Waals surface area contributed by atoms with Crippen molar-refractivity contribution in [2.45, 2.75) is 32.4 Å². The zero-order chi connectivity index (χ0) is 13.5. The summed E-state index contributed by atoms with van der Waals surface area (Å²) in [6, 6.07) is 2.82. The first-order chi connectivity index (χ1) is 8.36. The van der Waals surface area contributed by atoms with Crippen molar-refractivity contribution < 1.29 is 14.2 Å². The maximum atomic E-state index is 13.8. The lowest BCUT2D eigenvalue weighted by Gasteiger charge is -2.49. The van der Waals surface area contributed by atoms with Crippen LogP contribution in [0.15, 0.2) is 12.1 Å². The number of hydrogen-bond donors (Lipinski definition) is 3. The minimum Gasteiger partial charge on any atom is -0.495 e. The summed E-state index contributed by atoms with van der Waals surface area (Å²) in [6.07, 6.45) is 0.257. The average Bonchev–Trinajstić information content (AvgIpc) is 2.31. The molecule has 1 fully saturated rings. The van der Waals surface area contributed by atoms with Crippen molar-refractivity contribution in [3.8, 4) is 5.75 Å². The minimum atomic E-state index is -0.412. The van der Waals surface area contributed by atoms with Crippen molar-refractivity contribution in [3.63, 3.8) is 0 Å². The van der Waals surface area contributed by atoms with E-state index in [-0.39, 0.29) is 23.2 Å². The lowest BCUT2D eigenvalue weighted by molar-refractivity contribution is -0.0511. The Morgan fingerprint density at radius 3 is 2.67 bits per heavy atom. The molecule has 1 aromatic rings. The quantitative estimate of drug-likeness (QED) is 0.722. The van der Waals surface area contributed by atoms with Crippen LogP contribution in [0.25, 0.3) is 0 Å². The fraction of sp³-hybridized carbons (Fsp3) is 0.538. The Morgan fingerprint density at radius 1 is 1.50 bits per heavy atom. The zero-order valence-electron chi connectivity index (χ0n) is 10.8. The molecule has 0 aromatic heterocycles. The molecule has 0 heterocycles. The van der Waals surface area contributed by atoms with Gasteiger partial charge in [0, 0.05) is 23.6 Å². The van der Waals surface area contributed by atoms with Crippen LogP contribution < -0.4 is 15.8 Å². The zero-order valence-corrected chi connectivity index (χ0v) is 10.8. The monoisotopic (exact) mass is 254 g/mol. The van der Waals surface area contributed by atoms with Gasteiger partial charge in [0.15, 0.2) is 0 Å². The molecule has 4 N–H and O–H groups in total. The first-order valence-electron chi connectivity index (χ1n) is 5.94. The number of aliphatic hydroxyl groups is 1.